The molecule has 0 bridgehead atoms. The van der Waals surface area contributed by atoms with Crippen molar-refractivity contribution in [1.29, 1.82) is 0 Å². The van der Waals surface area contributed by atoms with E-state index < -0.39 is 0 Å². The van der Waals surface area contributed by atoms with E-state index in [0.29, 0.717) is 26.1 Å². The van der Waals surface area contributed by atoms with Crippen molar-refractivity contribution in [1.82, 2.24) is 4.90 Å². The number of hydrogen-bond donors (Lipinski definition) is 1. The van der Waals surface area contributed by atoms with Crippen LogP contribution in [0.15, 0.2) is 24.3 Å². The second-order valence-corrected chi connectivity index (χ2v) is 4.60. The molecule has 0 spiro atoms. The zero-order valence-corrected chi connectivity index (χ0v) is 11.8. The molecule has 0 aromatic heterocycles. The van der Waals surface area contributed by atoms with E-state index in [-0.39, 0.29) is 12.4 Å². The van der Waals surface area contributed by atoms with Crippen LogP contribution in [0.3, 0.4) is 0 Å². The van der Waals surface area contributed by atoms with Crippen molar-refractivity contribution in [2.24, 2.45) is 0 Å². The Morgan fingerprint density at radius 1 is 1.32 bits per heavy atom. The van der Waals surface area contributed by atoms with E-state index in [2.05, 4.69) is 0 Å². The third-order valence-electron chi connectivity index (χ3n) is 3.02. The molecule has 0 atom stereocenters. The van der Waals surface area contributed by atoms with Crippen LogP contribution in [-0.2, 0) is 4.74 Å². The molecule has 4 heteroatoms. The predicted molar refractivity (Wildman–Crippen MR) is 75.5 cm³/mol. The van der Waals surface area contributed by atoms with E-state index in [1.54, 1.807) is 7.11 Å². The molecule has 1 N–H and O–H groups in total. The first-order chi connectivity index (χ1) is 9.17. The smallest absolute Gasteiger partial charge is 0.164 e. The van der Waals surface area contributed by atoms with Gasteiger partial charge >= 0.3 is 0 Å². The van der Waals surface area contributed by atoms with E-state index >= 15 is 0 Å². The summed E-state index contributed by atoms with van der Waals surface area (Å²) in [5.41, 5.74) is 1.85. The lowest BCUT2D eigenvalue weighted by Crippen LogP contribution is -2.32. The summed E-state index contributed by atoms with van der Waals surface area (Å²) in [6.07, 6.45) is 0.465. The number of ether oxygens (including phenoxy) is 1. The number of methoxy groups -OCH3 is 1. The number of aliphatic hydroxyl groups excluding tert-OH is 1. The lowest BCUT2D eigenvalue weighted by atomic mass is 10.1. The minimum Gasteiger partial charge on any atom is -0.395 e. The average molecular weight is 265 g/mol. The second kappa shape index (κ2) is 8.80. The maximum atomic E-state index is 12.1. The minimum absolute atomic E-state index is 0.0996. The molecule has 0 amide bonds. The summed E-state index contributed by atoms with van der Waals surface area (Å²) in [7, 11) is 1.65. The molecule has 0 saturated carbocycles. The van der Waals surface area contributed by atoms with Crippen LogP contribution in [0.2, 0.25) is 0 Å². The molecular weight excluding hydrogens is 242 g/mol. The van der Waals surface area contributed by atoms with Gasteiger partial charge in [0.15, 0.2) is 5.78 Å². The number of benzene rings is 1. The minimum atomic E-state index is 0.0996. The Morgan fingerprint density at radius 2 is 2.11 bits per heavy atom. The normalized spacial score (nSPS) is 10.9. The van der Waals surface area contributed by atoms with Crippen LogP contribution in [0.5, 0.6) is 0 Å². The Morgan fingerprint density at radius 3 is 2.74 bits per heavy atom. The SMILES string of the molecule is COCCN(CCO)CCC(=O)c1cccc(C)c1. The van der Waals surface area contributed by atoms with Crippen molar-refractivity contribution in [3.8, 4) is 0 Å². The van der Waals surface area contributed by atoms with Crippen molar-refractivity contribution in [2.45, 2.75) is 13.3 Å². The molecule has 1 aromatic rings. The zero-order valence-electron chi connectivity index (χ0n) is 11.8. The fraction of sp³-hybridized carbons (Fsp3) is 0.533. The molecule has 0 radical (unpaired) electrons. The van der Waals surface area contributed by atoms with Gasteiger partial charge in [-0.1, -0.05) is 23.8 Å². The van der Waals surface area contributed by atoms with Gasteiger partial charge in [0.1, 0.15) is 0 Å². The van der Waals surface area contributed by atoms with Crippen molar-refractivity contribution in [2.75, 3.05) is 40.0 Å². The van der Waals surface area contributed by atoms with Gasteiger partial charge in [0, 0.05) is 38.7 Å². The number of aliphatic hydroxyl groups is 1. The zero-order chi connectivity index (χ0) is 14.1. The third kappa shape index (κ3) is 5.96. The largest absolute Gasteiger partial charge is 0.395 e. The number of aryl methyl sites for hydroxylation is 1. The van der Waals surface area contributed by atoms with Gasteiger partial charge in [-0.2, -0.15) is 0 Å². The Bertz CT molecular complexity index is 393. The highest BCUT2D eigenvalue weighted by Crippen LogP contribution is 2.07. The monoisotopic (exact) mass is 265 g/mol. The van der Waals surface area contributed by atoms with E-state index in [1.165, 1.54) is 0 Å². The van der Waals surface area contributed by atoms with Gasteiger partial charge < -0.3 is 9.84 Å². The molecule has 0 saturated heterocycles. The molecule has 19 heavy (non-hydrogen) atoms. The fourth-order valence-electron chi connectivity index (χ4n) is 1.92. The van der Waals surface area contributed by atoms with Gasteiger partial charge in [0.05, 0.1) is 13.2 Å². The van der Waals surface area contributed by atoms with Gasteiger partial charge in [-0.15, -0.1) is 0 Å². The summed E-state index contributed by atoms with van der Waals surface area (Å²) in [5, 5.41) is 8.99. The number of carbonyl (C=O) groups is 1. The number of Topliss-reactive ketones (excluding diaryl/α,β-unsaturated/α-hetero) is 1. The molecule has 0 heterocycles. The fourth-order valence-corrected chi connectivity index (χ4v) is 1.92. The molecule has 0 fully saturated rings. The summed E-state index contributed by atoms with van der Waals surface area (Å²) >= 11 is 0. The van der Waals surface area contributed by atoms with Crippen LogP contribution in [0.1, 0.15) is 22.3 Å². The van der Waals surface area contributed by atoms with E-state index in [0.717, 1.165) is 17.7 Å². The Kier molecular flexibility index (Phi) is 7.33. The summed E-state index contributed by atoms with van der Waals surface area (Å²) < 4.78 is 5.02. The molecule has 4 nitrogen and oxygen atoms in total. The van der Waals surface area contributed by atoms with Gasteiger partial charge in [0.2, 0.25) is 0 Å². The summed E-state index contributed by atoms with van der Waals surface area (Å²) in [6, 6.07) is 7.64. The van der Waals surface area contributed by atoms with Crippen LogP contribution >= 0.6 is 0 Å². The maximum Gasteiger partial charge on any atom is 0.164 e. The molecule has 0 aliphatic rings. The lowest BCUT2D eigenvalue weighted by Gasteiger charge is -2.20. The average Bonchev–Trinajstić information content (AvgIpc) is 2.41. The number of rotatable bonds is 9. The van der Waals surface area contributed by atoms with Gasteiger partial charge in [0.25, 0.3) is 0 Å². The van der Waals surface area contributed by atoms with E-state index in [4.69, 9.17) is 9.84 Å². The molecule has 0 aliphatic carbocycles. The Labute approximate surface area is 115 Å². The van der Waals surface area contributed by atoms with Crippen LogP contribution < -0.4 is 0 Å². The number of ketones is 1. The van der Waals surface area contributed by atoms with Crippen LogP contribution in [0.25, 0.3) is 0 Å². The first-order valence-corrected chi connectivity index (χ1v) is 6.59. The Balaban J connectivity index is 2.46. The maximum absolute atomic E-state index is 12.1. The van der Waals surface area contributed by atoms with E-state index in [1.807, 2.05) is 36.1 Å². The van der Waals surface area contributed by atoms with Crippen molar-refractivity contribution < 1.29 is 14.6 Å². The second-order valence-electron chi connectivity index (χ2n) is 4.60. The highest BCUT2D eigenvalue weighted by Gasteiger charge is 2.09. The van der Waals surface area contributed by atoms with Gasteiger partial charge in [-0.3, -0.25) is 9.69 Å². The van der Waals surface area contributed by atoms with Crippen LogP contribution in [0.4, 0.5) is 0 Å². The number of hydrogen-bond acceptors (Lipinski definition) is 4. The molecule has 1 aromatic carbocycles. The summed E-state index contributed by atoms with van der Waals surface area (Å²) in [6.45, 7) is 4.65. The Hall–Kier alpha value is -1.23. The lowest BCUT2D eigenvalue weighted by molar-refractivity contribution is 0.0933. The van der Waals surface area contributed by atoms with Crippen molar-refractivity contribution in [3.05, 3.63) is 35.4 Å². The predicted octanol–water partition coefficient (Wildman–Crippen LogP) is 1.51. The summed E-state index contributed by atoms with van der Waals surface area (Å²) in [4.78, 5) is 14.1. The first-order valence-electron chi connectivity index (χ1n) is 6.59. The topological polar surface area (TPSA) is 49.8 Å². The molecule has 0 aliphatic heterocycles. The number of carbonyl (C=O) groups excluding carboxylic acids is 1. The standard InChI is InChI=1S/C15H23NO3/c1-13-4-3-5-14(12-13)15(18)6-7-16(8-10-17)9-11-19-2/h3-5,12,17H,6-11H2,1-2H3. The highest BCUT2D eigenvalue weighted by molar-refractivity contribution is 5.96. The third-order valence-corrected chi connectivity index (χ3v) is 3.02. The molecule has 0 unspecified atom stereocenters. The van der Waals surface area contributed by atoms with Crippen molar-refractivity contribution >= 4 is 5.78 Å². The van der Waals surface area contributed by atoms with Gasteiger partial charge in [-0.25, -0.2) is 0 Å². The van der Waals surface area contributed by atoms with E-state index in [9.17, 15) is 4.79 Å². The molecule has 1 rings (SSSR count). The van der Waals surface area contributed by atoms with Crippen molar-refractivity contribution in [3.63, 3.8) is 0 Å². The summed E-state index contributed by atoms with van der Waals surface area (Å²) in [5.74, 6) is 0.143. The first kappa shape index (κ1) is 15.8. The number of nitrogens with zero attached hydrogens (tertiary/aromatic N) is 1. The molecule has 106 valence electrons. The quantitative estimate of drug-likeness (QED) is 0.688. The van der Waals surface area contributed by atoms with Gasteiger partial charge in [-0.05, 0) is 13.0 Å². The van der Waals surface area contributed by atoms with Crippen LogP contribution in [0, 0.1) is 6.92 Å². The van der Waals surface area contributed by atoms with Crippen LogP contribution in [-0.4, -0.2) is 55.7 Å². The highest BCUT2D eigenvalue weighted by atomic mass is 16.5. The molecular formula is C15H23NO3.